The van der Waals surface area contributed by atoms with Crippen LogP contribution in [0, 0.1) is 5.92 Å². The first-order valence-electron chi connectivity index (χ1n) is 11.6. The van der Waals surface area contributed by atoms with Crippen molar-refractivity contribution in [1.29, 1.82) is 0 Å². The minimum absolute atomic E-state index is 0. The van der Waals surface area contributed by atoms with Gasteiger partial charge in [-0.2, -0.15) is 0 Å². The third kappa shape index (κ3) is 26.4. The van der Waals surface area contributed by atoms with Crippen molar-refractivity contribution in [2.45, 2.75) is 123 Å². The van der Waals surface area contributed by atoms with E-state index in [-0.39, 0.29) is 12.4 Å². The fourth-order valence-corrected chi connectivity index (χ4v) is 3.43. The molecular formula is C23H50ClNO. The Kier molecular flexibility index (Phi) is 27.6. The molecule has 160 valence electrons. The van der Waals surface area contributed by atoms with Crippen LogP contribution in [0.3, 0.4) is 0 Å². The molecule has 2 N–H and O–H groups in total. The summed E-state index contributed by atoms with van der Waals surface area (Å²) < 4.78 is 0. The summed E-state index contributed by atoms with van der Waals surface area (Å²) in [6, 6.07) is 0. The molecule has 0 amide bonds. The van der Waals surface area contributed by atoms with Gasteiger partial charge in [0.15, 0.2) is 0 Å². The molecule has 0 unspecified atom stereocenters. The lowest BCUT2D eigenvalue weighted by atomic mass is 10.0. The number of aliphatic hydroxyl groups is 1. The second kappa shape index (κ2) is 25.2. The Labute approximate surface area is 171 Å². The lowest BCUT2D eigenvalue weighted by molar-refractivity contribution is 0.286. The third-order valence-corrected chi connectivity index (χ3v) is 5.15. The molecule has 0 aliphatic heterocycles. The fourth-order valence-electron chi connectivity index (χ4n) is 3.43. The highest BCUT2D eigenvalue weighted by Crippen LogP contribution is 2.14. The summed E-state index contributed by atoms with van der Waals surface area (Å²) in [5, 5.41) is 12.1. The Morgan fingerprint density at radius 2 is 0.885 bits per heavy atom. The molecule has 0 fully saturated rings. The number of unbranched alkanes of at least 4 members (excludes halogenated alkanes) is 14. The summed E-state index contributed by atoms with van der Waals surface area (Å²) >= 11 is 0. The number of hydrogen-bond donors (Lipinski definition) is 2. The summed E-state index contributed by atoms with van der Waals surface area (Å²) in [5.41, 5.74) is 0. The van der Waals surface area contributed by atoms with Crippen LogP contribution in [0.1, 0.15) is 123 Å². The summed E-state index contributed by atoms with van der Waals surface area (Å²) in [5.74, 6) is 0.888. The van der Waals surface area contributed by atoms with Gasteiger partial charge in [0.25, 0.3) is 0 Å². The SMILES string of the molecule is CC(C)CCCCCCCCCCCCCCCCCNCCCO.Cl. The monoisotopic (exact) mass is 391 g/mol. The molecule has 0 aromatic heterocycles. The van der Waals surface area contributed by atoms with E-state index in [1.165, 1.54) is 103 Å². The van der Waals surface area contributed by atoms with Crippen LogP contribution in [0.25, 0.3) is 0 Å². The van der Waals surface area contributed by atoms with E-state index in [0.29, 0.717) is 6.61 Å². The zero-order valence-electron chi connectivity index (χ0n) is 18.1. The summed E-state index contributed by atoms with van der Waals surface area (Å²) in [7, 11) is 0. The van der Waals surface area contributed by atoms with E-state index in [2.05, 4.69) is 19.2 Å². The van der Waals surface area contributed by atoms with Gasteiger partial charge in [0.05, 0.1) is 0 Å². The topological polar surface area (TPSA) is 32.3 Å². The van der Waals surface area contributed by atoms with Crippen molar-refractivity contribution < 1.29 is 5.11 Å². The Morgan fingerprint density at radius 1 is 0.538 bits per heavy atom. The molecule has 0 aromatic carbocycles. The normalized spacial score (nSPS) is 11.1. The van der Waals surface area contributed by atoms with Crippen molar-refractivity contribution in [2.24, 2.45) is 5.92 Å². The maximum Gasteiger partial charge on any atom is 0.0443 e. The van der Waals surface area contributed by atoms with Gasteiger partial charge in [0.2, 0.25) is 0 Å². The predicted molar refractivity (Wildman–Crippen MR) is 121 cm³/mol. The van der Waals surface area contributed by atoms with E-state index in [1.807, 2.05) is 0 Å². The first-order valence-corrected chi connectivity index (χ1v) is 11.6. The van der Waals surface area contributed by atoms with E-state index in [9.17, 15) is 0 Å². The molecule has 0 radical (unpaired) electrons. The number of nitrogens with one attached hydrogen (secondary N) is 1. The van der Waals surface area contributed by atoms with Gasteiger partial charge >= 0.3 is 0 Å². The zero-order valence-corrected chi connectivity index (χ0v) is 18.9. The van der Waals surface area contributed by atoms with Crippen LogP contribution in [0.15, 0.2) is 0 Å². The van der Waals surface area contributed by atoms with Crippen molar-refractivity contribution in [3.63, 3.8) is 0 Å². The van der Waals surface area contributed by atoms with Crippen LogP contribution in [0.2, 0.25) is 0 Å². The molecule has 2 nitrogen and oxygen atoms in total. The van der Waals surface area contributed by atoms with Gasteiger partial charge in [-0.15, -0.1) is 12.4 Å². The van der Waals surface area contributed by atoms with Crippen molar-refractivity contribution in [3.05, 3.63) is 0 Å². The predicted octanol–water partition coefficient (Wildman–Crippen LogP) is 7.28. The smallest absolute Gasteiger partial charge is 0.0443 e. The van der Waals surface area contributed by atoms with E-state index in [4.69, 9.17) is 5.11 Å². The van der Waals surface area contributed by atoms with Gasteiger partial charge in [0, 0.05) is 6.61 Å². The maximum atomic E-state index is 8.68. The van der Waals surface area contributed by atoms with E-state index in [1.54, 1.807) is 0 Å². The Hall–Kier alpha value is 0.210. The second-order valence-corrected chi connectivity index (χ2v) is 8.31. The van der Waals surface area contributed by atoms with Gasteiger partial charge in [-0.05, 0) is 31.8 Å². The molecule has 0 aromatic rings. The average molecular weight is 392 g/mol. The molecule has 0 bridgehead atoms. The largest absolute Gasteiger partial charge is 0.396 e. The van der Waals surface area contributed by atoms with Crippen molar-refractivity contribution >= 4 is 12.4 Å². The van der Waals surface area contributed by atoms with Gasteiger partial charge in [-0.1, -0.05) is 110 Å². The molecular weight excluding hydrogens is 342 g/mol. The second-order valence-electron chi connectivity index (χ2n) is 8.31. The maximum absolute atomic E-state index is 8.68. The van der Waals surface area contributed by atoms with Crippen LogP contribution in [-0.4, -0.2) is 24.8 Å². The summed E-state index contributed by atoms with van der Waals surface area (Å²) in [4.78, 5) is 0. The standard InChI is InChI=1S/C23H49NO.ClH/c1-23(2)19-16-14-12-10-8-6-4-3-5-7-9-11-13-15-17-20-24-21-18-22-25;/h23-25H,3-22H2,1-2H3;1H. The van der Waals surface area contributed by atoms with Crippen LogP contribution in [0.4, 0.5) is 0 Å². The number of hydrogen-bond acceptors (Lipinski definition) is 2. The Balaban J connectivity index is 0. The van der Waals surface area contributed by atoms with Crippen LogP contribution < -0.4 is 5.32 Å². The Bertz CT molecular complexity index is 236. The molecule has 0 spiro atoms. The summed E-state index contributed by atoms with van der Waals surface area (Å²) in [6.45, 7) is 7.07. The lowest BCUT2D eigenvalue weighted by Crippen LogP contribution is -2.17. The van der Waals surface area contributed by atoms with Crippen molar-refractivity contribution in [3.8, 4) is 0 Å². The highest BCUT2D eigenvalue weighted by molar-refractivity contribution is 5.85. The molecule has 0 aliphatic rings. The van der Waals surface area contributed by atoms with E-state index >= 15 is 0 Å². The first kappa shape index (κ1) is 28.4. The van der Waals surface area contributed by atoms with Crippen LogP contribution in [-0.2, 0) is 0 Å². The minimum Gasteiger partial charge on any atom is -0.396 e. The van der Waals surface area contributed by atoms with Crippen molar-refractivity contribution in [2.75, 3.05) is 19.7 Å². The molecule has 0 aliphatic carbocycles. The number of aliphatic hydroxyl groups excluding tert-OH is 1. The number of halogens is 1. The zero-order chi connectivity index (χ0) is 18.4. The van der Waals surface area contributed by atoms with Gasteiger partial charge in [0.1, 0.15) is 0 Å². The molecule has 0 heterocycles. The molecule has 0 rings (SSSR count). The molecule has 26 heavy (non-hydrogen) atoms. The molecule has 0 saturated carbocycles. The average Bonchev–Trinajstić information content (AvgIpc) is 2.60. The summed E-state index contributed by atoms with van der Waals surface area (Å²) in [6.07, 6.45) is 23.8. The lowest BCUT2D eigenvalue weighted by Gasteiger charge is -2.05. The van der Waals surface area contributed by atoms with Crippen molar-refractivity contribution in [1.82, 2.24) is 5.32 Å². The molecule has 0 atom stereocenters. The number of rotatable bonds is 21. The van der Waals surface area contributed by atoms with E-state index in [0.717, 1.165) is 25.4 Å². The fraction of sp³-hybridized carbons (Fsp3) is 1.00. The first-order chi connectivity index (χ1) is 12.3. The highest BCUT2D eigenvalue weighted by Gasteiger charge is 1.96. The molecule has 3 heteroatoms. The minimum atomic E-state index is 0. The quantitative estimate of drug-likeness (QED) is 0.201. The highest BCUT2D eigenvalue weighted by atomic mass is 35.5. The van der Waals surface area contributed by atoms with E-state index < -0.39 is 0 Å². The molecule has 0 saturated heterocycles. The van der Waals surface area contributed by atoms with Crippen LogP contribution in [0.5, 0.6) is 0 Å². The van der Waals surface area contributed by atoms with Crippen LogP contribution >= 0.6 is 12.4 Å². The Morgan fingerprint density at radius 3 is 1.27 bits per heavy atom. The van der Waals surface area contributed by atoms with Gasteiger partial charge in [-0.3, -0.25) is 0 Å². The third-order valence-electron chi connectivity index (χ3n) is 5.15. The van der Waals surface area contributed by atoms with Gasteiger partial charge in [-0.25, -0.2) is 0 Å². The van der Waals surface area contributed by atoms with Gasteiger partial charge < -0.3 is 10.4 Å².